The number of hydrogen-bond acceptors (Lipinski definition) is 3. The molecule has 1 rings (SSSR count). The number of thioether (sulfide) groups is 1. The van der Waals surface area contributed by atoms with Gasteiger partial charge in [0.25, 0.3) is 0 Å². The second kappa shape index (κ2) is 6.30. The number of hydrogen-bond donors (Lipinski definition) is 2. The monoisotopic (exact) mass is 241 g/mol. The summed E-state index contributed by atoms with van der Waals surface area (Å²) in [5.74, 6) is 0. The molecule has 0 spiro atoms. The standard InChI is InChI=1S/C12H23N3S/c1-5-12(6-2,16-4)9-13-10(3)11-7-8-14-15-11/h7-8,10,13H,5-6,9H2,1-4H3,(H,14,15). The highest BCUT2D eigenvalue weighted by Gasteiger charge is 2.25. The number of nitrogens with zero attached hydrogens (tertiary/aromatic N) is 1. The van der Waals surface area contributed by atoms with Gasteiger partial charge >= 0.3 is 0 Å². The summed E-state index contributed by atoms with van der Waals surface area (Å²) in [7, 11) is 0. The van der Waals surface area contributed by atoms with E-state index in [1.807, 2.05) is 17.8 Å². The summed E-state index contributed by atoms with van der Waals surface area (Å²) in [6.07, 6.45) is 6.41. The molecule has 0 aliphatic heterocycles. The Balaban J connectivity index is 2.49. The van der Waals surface area contributed by atoms with Crippen molar-refractivity contribution in [1.29, 1.82) is 0 Å². The number of H-pyrrole nitrogens is 1. The molecule has 1 aromatic rings. The predicted octanol–water partition coefficient (Wildman–Crippen LogP) is 2.98. The van der Waals surface area contributed by atoms with E-state index in [0.29, 0.717) is 10.8 Å². The zero-order valence-corrected chi connectivity index (χ0v) is 11.5. The van der Waals surface area contributed by atoms with Gasteiger partial charge in [0.15, 0.2) is 0 Å². The van der Waals surface area contributed by atoms with Crippen LogP contribution >= 0.6 is 11.8 Å². The van der Waals surface area contributed by atoms with Gasteiger partial charge in [-0.25, -0.2) is 0 Å². The summed E-state index contributed by atoms with van der Waals surface area (Å²) in [6, 6.07) is 2.36. The van der Waals surface area contributed by atoms with Gasteiger partial charge in [0.05, 0.1) is 5.69 Å². The van der Waals surface area contributed by atoms with E-state index in [9.17, 15) is 0 Å². The van der Waals surface area contributed by atoms with Crippen LogP contribution in [0.5, 0.6) is 0 Å². The van der Waals surface area contributed by atoms with Crippen molar-refractivity contribution in [3.8, 4) is 0 Å². The van der Waals surface area contributed by atoms with E-state index < -0.39 is 0 Å². The molecule has 1 unspecified atom stereocenters. The van der Waals surface area contributed by atoms with Crippen molar-refractivity contribution in [3.63, 3.8) is 0 Å². The lowest BCUT2D eigenvalue weighted by molar-refractivity contribution is 0.455. The first-order valence-corrected chi connectivity index (χ1v) is 7.17. The third-order valence-corrected chi connectivity index (χ3v) is 5.03. The maximum Gasteiger partial charge on any atom is 0.0518 e. The molecule has 0 aliphatic rings. The van der Waals surface area contributed by atoms with Gasteiger partial charge in [-0.15, -0.1) is 0 Å². The fourth-order valence-corrected chi connectivity index (χ4v) is 2.62. The Hall–Kier alpha value is -0.480. The van der Waals surface area contributed by atoms with Gasteiger partial charge in [0, 0.05) is 23.5 Å². The molecular weight excluding hydrogens is 218 g/mol. The van der Waals surface area contributed by atoms with Crippen LogP contribution < -0.4 is 5.32 Å². The molecule has 0 aromatic carbocycles. The summed E-state index contributed by atoms with van der Waals surface area (Å²) in [5, 5.41) is 10.6. The van der Waals surface area contributed by atoms with Crippen molar-refractivity contribution in [2.24, 2.45) is 0 Å². The quantitative estimate of drug-likeness (QED) is 0.771. The smallest absolute Gasteiger partial charge is 0.0518 e. The SMILES string of the molecule is CCC(CC)(CNC(C)c1ccn[nH]1)SC. The number of aromatic amines is 1. The summed E-state index contributed by atoms with van der Waals surface area (Å²) in [4.78, 5) is 0. The molecule has 1 heterocycles. The minimum Gasteiger partial charge on any atom is -0.307 e. The fourth-order valence-electron chi connectivity index (χ4n) is 1.82. The molecular formula is C12H23N3S. The summed E-state index contributed by atoms with van der Waals surface area (Å²) < 4.78 is 0.369. The molecule has 0 bridgehead atoms. The van der Waals surface area contributed by atoms with Gasteiger partial charge in [-0.3, -0.25) is 5.10 Å². The molecule has 1 atom stereocenters. The molecule has 3 nitrogen and oxygen atoms in total. The highest BCUT2D eigenvalue weighted by molar-refractivity contribution is 8.00. The fraction of sp³-hybridized carbons (Fsp3) is 0.750. The van der Waals surface area contributed by atoms with Crippen molar-refractivity contribution in [2.75, 3.05) is 12.8 Å². The first-order valence-electron chi connectivity index (χ1n) is 5.95. The molecule has 0 saturated heterocycles. The maximum absolute atomic E-state index is 3.98. The molecule has 92 valence electrons. The van der Waals surface area contributed by atoms with Crippen LogP contribution in [0.1, 0.15) is 45.3 Å². The van der Waals surface area contributed by atoms with Crippen molar-refractivity contribution in [2.45, 2.75) is 44.4 Å². The Morgan fingerprint density at radius 2 is 2.19 bits per heavy atom. The van der Waals surface area contributed by atoms with Gasteiger partial charge in [0.1, 0.15) is 0 Å². The van der Waals surface area contributed by atoms with E-state index in [1.54, 1.807) is 6.20 Å². The maximum atomic E-state index is 3.98. The van der Waals surface area contributed by atoms with Crippen molar-refractivity contribution >= 4 is 11.8 Å². The molecule has 0 fully saturated rings. The van der Waals surface area contributed by atoms with Crippen LogP contribution in [0, 0.1) is 0 Å². The highest BCUT2D eigenvalue weighted by atomic mass is 32.2. The molecule has 0 aliphatic carbocycles. The molecule has 16 heavy (non-hydrogen) atoms. The Morgan fingerprint density at radius 1 is 1.50 bits per heavy atom. The van der Waals surface area contributed by atoms with Gasteiger partial charge in [-0.1, -0.05) is 13.8 Å². The van der Waals surface area contributed by atoms with Gasteiger partial charge in [-0.2, -0.15) is 16.9 Å². The van der Waals surface area contributed by atoms with E-state index >= 15 is 0 Å². The normalized spacial score (nSPS) is 14.0. The van der Waals surface area contributed by atoms with Crippen LogP contribution in [0.15, 0.2) is 12.3 Å². The average molecular weight is 241 g/mol. The topological polar surface area (TPSA) is 40.7 Å². The molecule has 0 radical (unpaired) electrons. The number of rotatable bonds is 7. The Bertz CT molecular complexity index is 272. The second-order valence-electron chi connectivity index (χ2n) is 4.21. The van der Waals surface area contributed by atoms with Gasteiger partial charge < -0.3 is 5.32 Å². The zero-order chi connectivity index (χ0) is 12.0. The van der Waals surface area contributed by atoms with E-state index in [4.69, 9.17) is 0 Å². The molecule has 4 heteroatoms. The van der Waals surface area contributed by atoms with E-state index in [0.717, 1.165) is 12.2 Å². The minimum atomic E-state index is 0.340. The highest BCUT2D eigenvalue weighted by Crippen LogP contribution is 2.30. The van der Waals surface area contributed by atoms with Crippen LogP contribution in [-0.2, 0) is 0 Å². The van der Waals surface area contributed by atoms with Crippen LogP contribution in [0.2, 0.25) is 0 Å². The molecule has 1 aromatic heterocycles. The summed E-state index contributed by atoms with van der Waals surface area (Å²) in [5.41, 5.74) is 1.15. The number of nitrogens with one attached hydrogen (secondary N) is 2. The molecule has 0 saturated carbocycles. The van der Waals surface area contributed by atoms with Crippen molar-refractivity contribution in [1.82, 2.24) is 15.5 Å². The van der Waals surface area contributed by atoms with Crippen molar-refractivity contribution < 1.29 is 0 Å². The first-order chi connectivity index (χ1) is 7.67. The summed E-state index contributed by atoms with van der Waals surface area (Å²) in [6.45, 7) is 7.75. The van der Waals surface area contributed by atoms with Crippen LogP contribution in [0.25, 0.3) is 0 Å². The second-order valence-corrected chi connectivity index (χ2v) is 5.48. The molecule has 0 amide bonds. The minimum absolute atomic E-state index is 0.340. The van der Waals surface area contributed by atoms with Crippen LogP contribution in [0.4, 0.5) is 0 Å². The Morgan fingerprint density at radius 3 is 2.62 bits per heavy atom. The largest absolute Gasteiger partial charge is 0.307 e. The Labute approximate surface area is 103 Å². The van der Waals surface area contributed by atoms with E-state index in [2.05, 4.69) is 42.5 Å². The zero-order valence-electron chi connectivity index (χ0n) is 10.7. The third kappa shape index (κ3) is 3.25. The van der Waals surface area contributed by atoms with Crippen LogP contribution in [-0.4, -0.2) is 27.7 Å². The van der Waals surface area contributed by atoms with Crippen LogP contribution in [0.3, 0.4) is 0 Å². The van der Waals surface area contributed by atoms with Gasteiger partial charge in [0.2, 0.25) is 0 Å². The lowest BCUT2D eigenvalue weighted by atomic mass is 10.0. The van der Waals surface area contributed by atoms with E-state index in [1.165, 1.54) is 12.8 Å². The Kier molecular flexibility index (Phi) is 5.35. The first kappa shape index (κ1) is 13.6. The summed E-state index contributed by atoms with van der Waals surface area (Å²) >= 11 is 1.97. The average Bonchev–Trinajstić information content (AvgIpc) is 2.85. The van der Waals surface area contributed by atoms with Crippen molar-refractivity contribution in [3.05, 3.63) is 18.0 Å². The lowest BCUT2D eigenvalue weighted by Crippen LogP contribution is -2.37. The van der Waals surface area contributed by atoms with Gasteiger partial charge in [-0.05, 0) is 32.1 Å². The van der Waals surface area contributed by atoms with E-state index in [-0.39, 0.29) is 0 Å². The number of aromatic nitrogens is 2. The predicted molar refractivity (Wildman–Crippen MR) is 71.8 cm³/mol. The third-order valence-electron chi connectivity index (χ3n) is 3.44. The lowest BCUT2D eigenvalue weighted by Gasteiger charge is -2.31. The molecule has 2 N–H and O–H groups in total.